The molecule has 1 unspecified atom stereocenters. The van der Waals surface area contributed by atoms with E-state index in [2.05, 4.69) is 27.9 Å². The number of rotatable bonds is 5. The molecule has 0 bridgehead atoms. The van der Waals surface area contributed by atoms with Crippen LogP contribution in [-0.4, -0.2) is 43.2 Å². The molecule has 0 spiro atoms. The van der Waals surface area contributed by atoms with E-state index in [0.29, 0.717) is 19.8 Å². The molecule has 1 aliphatic rings. The molecular formula is C12H19N3O2S. The van der Waals surface area contributed by atoms with Crippen LogP contribution < -0.4 is 10.6 Å². The van der Waals surface area contributed by atoms with Gasteiger partial charge in [-0.25, -0.2) is 4.98 Å². The van der Waals surface area contributed by atoms with Gasteiger partial charge in [-0.05, 0) is 6.42 Å². The Morgan fingerprint density at radius 1 is 1.72 bits per heavy atom. The van der Waals surface area contributed by atoms with Gasteiger partial charge >= 0.3 is 0 Å². The molecule has 0 saturated carbocycles. The number of amides is 1. The molecule has 0 radical (unpaired) electrons. The standard InChI is InChI=1S/C12H19N3O2S/c1-2-11-15-9(8-18-11)3-4-14-12(16)10-7-17-6-5-13-10/h8,10,13H,2-7H2,1H3,(H,14,16). The van der Waals surface area contributed by atoms with Gasteiger partial charge in [-0.2, -0.15) is 0 Å². The van der Waals surface area contributed by atoms with Gasteiger partial charge in [0, 0.05) is 24.9 Å². The van der Waals surface area contributed by atoms with Gasteiger partial charge in [0.05, 0.1) is 23.9 Å². The quantitative estimate of drug-likeness (QED) is 0.810. The molecule has 1 aromatic heterocycles. The Kier molecular flexibility index (Phi) is 5.10. The van der Waals surface area contributed by atoms with Crippen molar-refractivity contribution in [2.75, 3.05) is 26.3 Å². The van der Waals surface area contributed by atoms with Crippen LogP contribution >= 0.6 is 11.3 Å². The van der Waals surface area contributed by atoms with Crippen molar-refractivity contribution < 1.29 is 9.53 Å². The molecule has 5 nitrogen and oxygen atoms in total. The first-order valence-corrected chi connectivity index (χ1v) is 7.19. The lowest BCUT2D eigenvalue weighted by Crippen LogP contribution is -2.51. The van der Waals surface area contributed by atoms with Crippen LogP contribution in [0.5, 0.6) is 0 Å². The van der Waals surface area contributed by atoms with Gasteiger partial charge in [0.1, 0.15) is 6.04 Å². The highest BCUT2D eigenvalue weighted by molar-refractivity contribution is 7.09. The van der Waals surface area contributed by atoms with Crippen molar-refractivity contribution in [2.45, 2.75) is 25.8 Å². The zero-order chi connectivity index (χ0) is 12.8. The number of morpholine rings is 1. The fourth-order valence-electron chi connectivity index (χ4n) is 1.80. The molecule has 6 heteroatoms. The monoisotopic (exact) mass is 269 g/mol. The first kappa shape index (κ1) is 13.5. The number of carbonyl (C=O) groups excluding carboxylic acids is 1. The van der Waals surface area contributed by atoms with Crippen molar-refractivity contribution in [3.05, 3.63) is 16.1 Å². The molecule has 1 atom stereocenters. The van der Waals surface area contributed by atoms with Gasteiger partial charge in [0.25, 0.3) is 0 Å². The van der Waals surface area contributed by atoms with Crippen molar-refractivity contribution >= 4 is 17.2 Å². The maximum atomic E-state index is 11.8. The van der Waals surface area contributed by atoms with Crippen LogP contribution in [0.15, 0.2) is 5.38 Å². The number of nitrogens with zero attached hydrogens (tertiary/aromatic N) is 1. The second kappa shape index (κ2) is 6.82. The third-order valence-electron chi connectivity index (χ3n) is 2.82. The SMILES string of the molecule is CCc1nc(CCNC(=O)C2COCCN2)cs1. The summed E-state index contributed by atoms with van der Waals surface area (Å²) in [7, 11) is 0. The second-order valence-corrected chi connectivity index (χ2v) is 5.15. The summed E-state index contributed by atoms with van der Waals surface area (Å²) in [6.45, 7) is 4.61. The second-order valence-electron chi connectivity index (χ2n) is 4.21. The summed E-state index contributed by atoms with van der Waals surface area (Å²) in [5.41, 5.74) is 1.06. The molecule has 1 aliphatic heterocycles. The van der Waals surface area contributed by atoms with Gasteiger partial charge in [-0.1, -0.05) is 6.92 Å². The number of ether oxygens (including phenoxy) is 1. The summed E-state index contributed by atoms with van der Waals surface area (Å²) in [4.78, 5) is 16.2. The molecule has 2 rings (SSSR count). The van der Waals surface area contributed by atoms with Crippen molar-refractivity contribution in [2.24, 2.45) is 0 Å². The minimum atomic E-state index is -0.208. The largest absolute Gasteiger partial charge is 0.378 e. The fourth-order valence-corrected chi connectivity index (χ4v) is 2.58. The average molecular weight is 269 g/mol. The summed E-state index contributed by atoms with van der Waals surface area (Å²) in [5.74, 6) is 0.0145. The Labute approximate surface area is 111 Å². The van der Waals surface area contributed by atoms with E-state index in [1.54, 1.807) is 11.3 Å². The normalized spacial score (nSPS) is 19.7. The van der Waals surface area contributed by atoms with Crippen LogP contribution in [0, 0.1) is 0 Å². The molecule has 1 amide bonds. The summed E-state index contributed by atoms with van der Waals surface area (Å²) in [6, 6.07) is -0.208. The maximum absolute atomic E-state index is 11.8. The molecule has 1 saturated heterocycles. The van der Waals surface area contributed by atoms with Crippen molar-refractivity contribution in [3.8, 4) is 0 Å². The number of carbonyl (C=O) groups is 1. The van der Waals surface area contributed by atoms with E-state index < -0.39 is 0 Å². The highest BCUT2D eigenvalue weighted by Crippen LogP contribution is 2.10. The predicted octanol–water partition coefficient (Wildman–Crippen LogP) is 0.353. The van der Waals surface area contributed by atoms with Gasteiger partial charge in [-0.3, -0.25) is 4.79 Å². The van der Waals surface area contributed by atoms with E-state index in [0.717, 1.165) is 30.1 Å². The van der Waals surface area contributed by atoms with Crippen molar-refractivity contribution in [1.82, 2.24) is 15.6 Å². The Hall–Kier alpha value is -0.980. The number of aromatic nitrogens is 1. The topological polar surface area (TPSA) is 63.2 Å². The number of hydrogen-bond donors (Lipinski definition) is 2. The lowest BCUT2D eigenvalue weighted by molar-refractivity contribution is -0.125. The van der Waals surface area contributed by atoms with Crippen LogP contribution in [0.1, 0.15) is 17.6 Å². The van der Waals surface area contributed by atoms with Crippen molar-refractivity contribution in [1.29, 1.82) is 0 Å². The van der Waals surface area contributed by atoms with Crippen LogP contribution in [-0.2, 0) is 22.4 Å². The van der Waals surface area contributed by atoms with Crippen LogP contribution in [0.3, 0.4) is 0 Å². The Balaban J connectivity index is 1.69. The summed E-state index contributed by atoms with van der Waals surface area (Å²) < 4.78 is 5.25. The maximum Gasteiger partial charge on any atom is 0.239 e. The minimum Gasteiger partial charge on any atom is -0.378 e. The van der Waals surface area contributed by atoms with E-state index in [-0.39, 0.29) is 11.9 Å². The third-order valence-corrected chi connectivity index (χ3v) is 3.86. The Morgan fingerprint density at radius 2 is 2.61 bits per heavy atom. The number of hydrogen-bond acceptors (Lipinski definition) is 5. The summed E-state index contributed by atoms with van der Waals surface area (Å²) in [5, 5.41) is 9.26. The van der Waals surface area contributed by atoms with Crippen molar-refractivity contribution in [3.63, 3.8) is 0 Å². The zero-order valence-electron chi connectivity index (χ0n) is 10.6. The molecule has 18 heavy (non-hydrogen) atoms. The van der Waals surface area contributed by atoms with E-state index >= 15 is 0 Å². The molecule has 100 valence electrons. The number of nitrogens with one attached hydrogen (secondary N) is 2. The third kappa shape index (κ3) is 3.76. The van der Waals surface area contributed by atoms with Gasteiger partial charge in [-0.15, -0.1) is 11.3 Å². The predicted molar refractivity (Wildman–Crippen MR) is 70.8 cm³/mol. The smallest absolute Gasteiger partial charge is 0.239 e. The summed E-state index contributed by atoms with van der Waals surface area (Å²) >= 11 is 1.68. The molecule has 1 fully saturated rings. The zero-order valence-corrected chi connectivity index (χ0v) is 11.4. The van der Waals surface area contributed by atoms with Crippen LogP contribution in [0.25, 0.3) is 0 Å². The lowest BCUT2D eigenvalue weighted by atomic mass is 10.2. The molecule has 1 aromatic rings. The minimum absolute atomic E-state index is 0.0145. The van der Waals surface area contributed by atoms with Crippen LogP contribution in [0.4, 0.5) is 0 Å². The molecule has 2 heterocycles. The average Bonchev–Trinajstić information content (AvgIpc) is 2.87. The van der Waals surface area contributed by atoms with Gasteiger partial charge in [0.2, 0.25) is 5.91 Å². The molecule has 0 aliphatic carbocycles. The first-order chi connectivity index (χ1) is 8.79. The Bertz CT molecular complexity index is 388. The highest BCUT2D eigenvalue weighted by atomic mass is 32.1. The Morgan fingerprint density at radius 3 is 3.28 bits per heavy atom. The van der Waals surface area contributed by atoms with E-state index in [4.69, 9.17) is 4.74 Å². The number of aryl methyl sites for hydroxylation is 1. The molecular weight excluding hydrogens is 250 g/mol. The van der Waals surface area contributed by atoms with E-state index in [9.17, 15) is 4.79 Å². The van der Waals surface area contributed by atoms with Gasteiger partial charge in [0.15, 0.2) is 0 Å². The molecule has 0 aromatic carbocycles. The number of thiazole rings is 1. The summed E-state index contributed by atoms with van der Waals surface area (Å²) in [6.07, 6.45) is 1.76. The fraction of sp³-hybridized carbons (Fsp3) is 0.667. The molecule has 2 N–H and O–H groups in total. The van der Waals surface area contributed by atoms with Gasteiger partial charge < -0.3 is 15.4 Å². The highest BCUT2D eigenvalue weighted by Gasteiger charge is 2.20. The first-order valence-electron chi connectivity index (χ1n) is 6.31. The van der Waals surface area contributed by atoms with E-state index in [1.165, 1.54) is 0 Å². The van der Waals surface area contributed by atoms with Crippen LogP contribution in [0.2, 0.25) is 0 Å². The van der Waals surface area contributed by atoms with E-state index in [1.807, 2.05) is 0 Å². The lowest BCUT2D eigenvalue weighted by Gasteiger charge is -2.22.